The van der Waals surface area contributed by atoms with Gasteiger partial charge in [0.25, 0.3) is 0 Å². The van der Waals surface area contributed by atoms with Crippen molar-refractivity contribution < 1.29 is 18.5 Å². The van der Waals surface area contributed by atoms with Crippen molar-refractivity contribution in [2.24, 2.45) is 0 Å². The summed E-state index contributed by atoms with van der Waals surface area (Å²) < 4.78 is 26.1. The Morgan fingerprint density at radius 3 is 2.40 bits per heavy atom. The number of carbonyl (C=O) groups is 1. The van der Waals surface area contributed by atoms with E-state index in [0.717, 1.165) is 0 Å². The molecule has 1 aromatic rings. The van der Waals surface area contributed by atoms with Crippen LogP contribution in [0.2, 0.25) is 0 Å². The maximum Gasteiger partial charge on any atom is 0.318 e. The normalized spacial score (nSPS) is 10.1. The minimum absolute atomic E-state index is 0.582. The van der Waals surface area contributed by atoms with E-state index in [2.05, 4.69) is 0 Å². The van der Waals surface area contributed by atoms with E-state index in [1.165, 1.54) is 0 Å². The van der Waals surface area contributed by atoms with Crippen LogP contribution in [-0.4, -0.2) is 16.6 Å². The van der Waals surface area contributed by atoms with Gasteiger partial charge in [0, 0.05) is 0 Å². The summed E-state index contributed by atoms with van der Waals surface area (Å²) in [6.07, 6.45) is 0. The SMILES string of the molecule is O=C(CCl)c1c(F)ccc(F)c1[N+](=O)[O-]. The molecular formula is C8H4ClF2NO3. The topological polar surface area (TPSA) is 60.2 Å². The van der Waals surface area contributed by atoms with Crippen molar-refractivity contribution in [3.63, 3.8) is 0 Å². The molecule has 0 aromatic heterocycles. The van der Waals surface area contributed by atoms with E-state index < -0.39 is 39.5 Å². The second kappa shape index (κ2) is 4.31. The molecule has 0 saturated heterocycles. The molecular weight excluding hydrogens is 232 g/mol. The Hall–Kier alpha value is -1.56. The van der Waals surface area contributed by atoms with E-state index in [1.54, 1.807) is 0 Å². The second-order valence-corrected chi connectivity index (χ2v) is 2.83. The van der Waals surface area contributed by atoms with Crippen LogP contribution in [0.5, 0.6) is 0 Å². The lowest BCUT2D eigenvalue weighted by Crippen LogP contribution is -2.09. The van der Waals surface area contributed by atoms with Crippen LogP contribution in [0.1, 0.15) is 10.4 Å². The van der Waals surface area contributed by atoms with Gasteiger partial charge in [-0.15, -0.1) is 11.6 Å². The minimum atomic E-state index is -1.27. The van der Waals surface area contributed by atoms with Crippen molar-refractivity contribution in [3.05, 3.63) is 39.4 Å². The maximum atomic E-state index is 13.1. The molecule has 0 fully saturated rings. The van der Waals surface area contributed by atoms with E-state index in [4.69, 9.17) is 11.6 Å². The number of nitro groups is 1. The average molecular weight is 236 g/mol. The number of benzene rings is 1. The number of nitrogens with zero attached hydrogens (tertiary/aromatic N) is 1. The van der Waals surface area contributed by atoms with Gasteiger partial charge < -0.3 is 0 Å². The number of halogens is 3. The highest BCUT2D eigenvalue weighted by atomic mass is 35.5. The quantitative estimate of drug-likeness (QED) is 0.350. The molecule has 0 atom stereocenters. The van der Waals surface area contributed by atoms with Gasteiger partial charge >= 0.3 is 5.69 Å². The van der Waals surface area contributed by atoms with Crippen molar-refractivity contribution >= 4 is 23.1 Å². The Labute approximate surface area is 87.6 Å². The Morgan fingerprint density at radius 1 is 1.40 bits per heavy atom. The van der Waals surface area contributed by atoms with Crippen molar-refractivity contribution in [2.75, 3.05) is 5.88 Å². The van der Waals surface area contributed by atoms with Crippen molar-refractivity contribution in [2.45, 2.75) is 0 Å². The molecule has 1 aromatic carbocycles. The molecule has 0 amide bonds. The lowest BCUT2D eigenvalue weighted by atomic mass is 10.1. The molecule has 0 aliphatic heterocycles. The van der Waals surface area contributed by atoms with Crippen LogP contribution in [0.4, 0.5) is 14.5 Å². The molecule has 0 bridgehead atoms. The van der Waals surface area contributed by atoms with Crippen LogP contribution in [0, 0.1) is 21.7 Å². The predicted octanol–water partition coefficient (Wildman–Crippen LogP) is 2.29. The summed E-state index contributed by atoms with van der Waals surface area (Å²) in [5.74, 6) is -4.11. The van der Waals surface area contributed by atoms with Gasteiger partial charge in [0.2, 0.25) is 5.82 Å². The molecule has 0 spiro atoms. The Balaban J connectivity index is 3.52. The standard InChI is InChI=1S/C8H4ClF2NO3/c9-3-6(13)7-4(10)1-2-5(11)8(7)12(14)15/h1-2H,3H2. The Morgan fingerprint density at radius 2 is 1.93 bits per heavy atom. The van der Waals surface area contributed by atoms with Crippen molar-refractivity contribution in [1.82, 2.24) is 0 Å². The summed E-state index contributed by atoms with van der Waals surface area (Å²) in [5, 5.41) is 10.4. The summed E-state index contributed by atoms with van der Waals surface area (Å²) >= 11 is 5.13. The van der Waals surface area contributed by atoms with Gasteiger partial charge in [-0.2, -0.15) is 4.39 Å². The molecule has 4 nitrogen and oxygen atoms in total. The monoisotopic (exact) mass is 235 g/mol. The minimum Gasteiger partial charge on any atom is -0.292 e. The molecule has 0 aliphatic rings. The summed E-state index contributed by atoms with van der Waals surface area (Å²) in [6.45, 7) is 0. The molecule has 0 N–H and O–H groups in total. The third-order valence-corrected chi connectivity index (χ3v) is 1.90. The maximum absolute atomic E-state index is 13.1. The fourth-order valence-corrected chi connectivity index (χ4v) is 1.19. The third-order valence-electron chi connectivity index (χ3n) is 1.66. The first-order chi connectivity index (χ1) is 6.99. The van der Waals surface area contributed by atoms with Crippen LogP contribution in [-0.2, 0) is 0 Å². The highest BCUT2D eigenvalue weighted by Gasteiger charge is 2.28. The van der Waals surface area contributed by atoms with E-state index in [0.29, 0.717) is 12.1 Å². The first-order valence-corrected chi connectivity index (χ1v) is 4.24. The van der Waals surface area contributed by atoms with Gasteiger partial charge in [0.15, 0.2) is 5.78 Å². The molecule has 0 radical (unpaired) electrons. The molecule has 0 unspecified atom stereocenters. The fourth-order valence-electron chi connectivity index (χ4n) is 1.05. The van der Waals surface area contributed by atoms with E-state index >= 15 is 0 Å². The number of hydrogen-bond donors (Lipinski definition) is 0. The summed E-state index contributed by atoms with van der Waals surface area (Å²) in [6, 6.07) is 1.22. The summed E-state index contributed by atoms with van der Waals surface area (Å²) in [4.78, 5) is 20.3. The van der Waals surface area contributed by atoms with E-state index in [9.17, 15) is 23.7 Å². The van der Waals surface area contributed by atoms with Gasteiger partial charge in [-0.25, -0.2) is 4.39 Å². The molecule has 0 aliphatic carbocycles. The molecule has 0 saturated carbocycles. The molecule has 0 heterocycles. The average Bonchev–Trinajstić information content (AvgIpc) is 2.19. The lowest BCUT2D eigenvalue weighted by Gasteiger charge is -2.01. The zero-order valence-electron chi connectivity index (χ0n) is 7.17. The van der Waals surface area contributed by atoms with Crippen LogP contribution in [0.3, 0.4) is 0 Å². The van der Waals surface area contributed by atoms with Crippen LogP contribution < -0.4 is 0 Å². The number of carbonyl (C=O) groups excluding carboxylic acids is 1. The number of alkyl halides is 1. The zero-order valence-corrected chi connectivity index (χ0v) is 7.92. The summed E-state index contributed by atoms with van der Waals surface area (Å²) in [5.41, 5.74) is -2.10. The van der Waals surface area contributed by atoms with Gasteiger partial charge in [-0.3, -0.25) is 14.9 Å². The first-order valence-electron chi connectivity index (χ1n) is 3.70. The largest absolute Gasteiger partial charge is 0.318 e. The lowest BCUT2D eigenvalue weighted by molar-refractivity contribution is -0.388. The molecule has 80 valence electrons. The number of Topliss-reactive ketones (excluding diaryl/α,β-unsaturated/α-hetero) is 1. The highest BCUT2D eigenvalue weighted by molar-refractivity contribution is 6.31. The molecule has 15 heavy (non-hydrogen) atoms. The molecule has 7 heteroatoms. The van der Waals surface area contributed by atoms with Gasteiger partial charge in [0.1, 0.15) is 11.4 Å². The van der Waals surface area contributed by atoms with Crippen molar-refractivity contribution in [3.8, 4) is 0 Å². The Bertz CT molecular complexity index is 436. The van der Waals surface area contributed by atoms with Crippen LogP contribution in [0.15, 0.2) is 12.1 Å². The zero-order chi connectivity index (χ0) is 11.6. The van der Waals surface area contributed by atoms with E-state index in [-0.39, 0.29) is 0 Å². The second-order valence-electron chi connectivity index (χ2n) is 2.57. The van der Waals surface area contributed by atoms with Gasteiger partial charge in [-0.1, -0.05) is 0 Å². The van der Waals surface area contributed by atoms with Gasteiger partial charge in [0.05, 0.1) is 10.8 Å². The molecule has 1 rings (SSSR count). The predicted molar refractivity (Wildman–Crippen MR) is 48.1 cm³/mol. The van der Waals surface area contributed by atoms with Crippen LogP contribution >= 0.6 is 11.6 Å². The van der Waals surface area contributed by atoms with Crippen LogP contribution in [0.25, 0.3) is 0 Å². The Kier molecular flexibility index (Phi) is 3.31. The first kappa shape index (κ1) is 11.5. The summed E-state index contributed by atoms with van der Waals surface area (Å²) in [7, 11) is 0. The number of rotatable bonds is 3. The fraction of sp³-hybridized carbons (Fsp3) is 0.125. The van der Waals surface area contributed by atoms with Crippen molar-refractivity contribution in [1.29, 1.82) is 0 Å². The smallest absolute Gasteiger partial charge is 0.292 e. The number of nitro benzene ring substituents is 1. The van der Waals surface area contributed by atoms with Gasteiger partial charge in [-0.05, 0) is 12.1 Å². The number of hydrogen-bond acceptors (Lipinski definition) is 3. The third kappa shape index (κ3) is 2.10. The van der Waals surface area contributed by atoms with E-state index in [1.807, 2.05) is 0 Å². The number of ketones is 1. The highest BCUT2D eigenvalue weighted by Crippen LogP contribution is 2.25.